The maximum atomic E-state index is 14.1. The van der Waals surface area contributed by atoms with E-state index in [1.807, 2.05) is 0 Å². The summed E-state index contributed by atoms with van der Waals surface area (Å²) in [5, 5.41) is 17.7. The van der Waals surface area contributed by atoms with Gasteiger partial charge in [-0.1, -0.05) is 6.92 Å². The first-order valence-corrected chi connectivity index (χ1v) is 8.52. The Morgan fingerprint density at radius 1 is 1.43 bits per heavy atom. The van der Waals surface area contributed by atoms with Crippen LogP contribution in [-0.4, -0.2) is 25.7 Å². The van der Waals surface area contributed by atoms with E-state index in [2.05, 4.69) is 12.2 Å². The van der Waals surface area contributed by atoms with Crippen molar-refractivity contribution in [3.05, 3.63) is 24.0 Å². The molecule has 0 unspecified atom stereocenters. The van der Waals surface area contributed by atoms with E-state index in [0.29, 0.717) is 5.92 Å². The van der Waals surface area contributed by atoms with Gasteiger partial charge in [0.25, 0.3) is 0 Å². The third kappa shape index (κ3) is 3.72. The molecule has 7 heteroatoms. The SMILES string of the molecule is CC1CCC(CO)(Nc2ccc(S(N)(=O)=O)cc2F)CC1. The Labute approximate surface area is 124 Å². The normalized spacial score (nSPS) is 26.6. The molecule has 21 heavy (non-hydrogen) atoms. The number of anilines is 1. The van der Waals surface area contributed by atoms with Gasteiger partial charge in [-0.15, -0.1) is 0 Å². The van der Waals surface area contributed by atoms with Crippen LogP contribution in [-0.2, 0) is 10.0 Å². The molecule has 1 fully saturated rings. The first kappa shape index (κ1) is 16.2. The highest BCUT2D eigenvalue weighted by Gasteiger charge is 2.34. The highest BCUT2D eigenvalue weighted by molar-refractivity contribution is 7.89. The minimum absolute atomic E-state index is 0.0872. The second kappa shape index (κ2) is 5.90. The van der Waals surface area contributed by atoms with Crippen molar-refractivity contribution < 1.29 is 17.9 Å². The number of sulfonamides is 1. The molecule has 1 aliphatic rings. The van der Waals surface area contributed by atoms with Crippen molar-refractivity contribution in [2.24, 2.45) is 11.1 Å². The molecule has 0 atom stereocenters. The number of benzene rings is 1. The average molecular weight is 316 g/mol. The summed E-state index contributed by atoms with van der Waals surface area (Å²) in [5.74, 6) is -0.0888. The average Bonchev–Trinajstić information content (AvgIpc) is 2.43. The molecule has 1 aromatic rings. The van der Waals surface area contributed by atoms with Crippen LogP contribution in [0, 0.1) is 11.7 Å². The highest BCUT2D eigenvalue weighted by atomic mass is 32.2. The number of aliphatic hydroxyl groups excluding tert-OH is 1. The van der Waals surface area contributed by atoms with Crippen LogP contribution < -0.4 is 10.5 Å². The number of hydrogen-bond donors (Lipinski definition) is 3. The third-order valence-corrected chi connectivity index (χ3v) is 5.11. The van der Waals surface area contributed by atoms with Crippen LogP contribution in [0.5, 0.6) is 0 Å². The van der Waals surface area contributed by atoms with Gasteiger partial charge in [-0.25, -0.2) is 17.9 Å². The van der Waals surface area contributed by atoms with Crippen LogP contribution in [0.15, 0.2) is 23.1 Å². The zero-order valence-corrected chi connectivity index (χ0v) is 12.8. The lowest BCUT2D eigenvalue weighted by molar-refractivity contribution is 0.155. The molecule has 0 saturated heterocycles. The smallest absolute Gasteiger partial charge is 0.238 e. The molecule has 0 heterocycles. The standard InChI is InChI=1S/C14H21FN2O3S/c1-10-4-6-14(9-18,7-5-10)17-13-3-2-11(8-12(13)15)21(16,19)20/h2-3,8,10,17-18H,4-7,9H2,1H3,(H2,16,19,20). The van der Waals surface area contributed by atoms with E-state index >= 15 is 0 Å². The van der Waals surface area contributed by atoms with Gasteiger partial charge in [0, 0.05) is 0 Å². The lowest BCUT2D eigenvalue weighted by Crippen LogP contribution is -2.45. The van der Waals surface area contributed by atoms with Crippen LogP contribution in [0.25, 0.3) is 0 Å². The monoisotopic (exact) mass is 316 g/mol. The van der Waals surface area contributed by atoms with Crippen molar-refractivity contribution in [3.63, 3.8) is 0 Å². The summed E-state index contributed by atoms with van der Waals surface area (Å²) in [4.78, 5) is -0.263. The summed E-state index contributed by atoms with van der Waals surface area (Å²) in [5.41, 5.74) is -0.359. The fourth-order valence-corrected chi connectivity index (χ4v) is 3.22. The highest BCUT2D eigenvalue weighted by Crippen LogP contribution is 2.35. The van der Waals surface area contributed by atoms with E-state index in [1.54, 1.807) is 0 Å². The lowest BCUT2D eigenvalue weighted by atomic mass is 9.77. The summed E-state index contributed by atoms with van der Waals surface area (Å²) < 4.78 is 36.4. The summed E-state index contributed by atoms with van der Waals surface area (Å²) in [6.07, 6.45) is 3.43. The van der Waals surface area contributed by atoms with E-state index in [1.165, 1.54) is 12.1 Å². The molecule has 0 spiro atoms. The number of primary sulfonamides is 1. The summed E-state index contributed by atoms with van der Waals surface area (Å²) in [6, 6.07) is 3.51. The number of aliphatic hydroxyl groups is 1. The molecular formula is C14H21FN2O3S. The van der Waals surface area contributed by atoms with Gasteiger partial charge >= 0.3 is 0 Å². The third-order valence-electron chi connectivity index (χ3n) is 4.20. The van der Waals surface area contributed by atoms with Crippen LogP contribution in [0.1, 0.15) is 32.6 Å². The predicted molar refractivity (Wildman–Crippen MR) is 78.8 cm³/mol. The maximum Gasteiger partial charge on any atom is 0.238 e. The van der Waals surface area contributed by atoms with Gasteiger partial charge in [-0.05, 0) is 49.8 Å². The second-order valence-corrected chi connectivity index (χ2v) is 7.49. The predicted octanol–water partition coefficient (Wildman–Crippen LogP) is 1.83. The van der Waals surface area contributed by atoms with E-state index in [0.717, 1.165) is 31.7 Å². The van der Waals surface area contributed by atoms with E-state index in [-0.39, 0.29) is 17.2 Å². The minimum Gasteiger partial charge on any atom is -0.394 e. The first-order chi connectivity index (χ1) is 9.76. The zero-order chi connectivity index (χ0) is 15.7. The molecule has 1 aliphatic carbocycles. The quantitative estimate of drug-likeness (QED) is 0.790. The number of halogens is 1. The fourth-order valence-electron chi connectivity index (χ4n) is 2.70. The van der Waals surface area contributed by atoms with E-state index in [9.17, 15) is 17.9 Å². The summed E-state index contributed by atoms with van der Waals surface area (Å²) in [7, 11) is -3.92. The van der Waals surface area contributed by atoms with Crippen molar-refractivity contribution in [2.75, 3.05) is 11.9 Å². The van der Waals surface area contributed by atoms with Crippen molar-refractivity contribution in [1.82, 2.24) is 0 Å². The van der Waals surface area contributed by atoms with Gasteiger partial charge in [0.15, 0.2) is 0 Å². The van der Waals surface area contributed by atoms with Crippen molar-refractivity contribution in [1.29, 1.82) is 0 Å². The van der Waals surface area contributed by atoms with Gasteiger partial charge in [-0.2, -0.15) is 0 Å². The van der Waals surface area contributed by atoms with Gasteiger partial charge in [0.2, 0.25) is 10.0 Å². The fraction of sp³-hybridized carbons (Fsp3) is 0.571. The molecule has 0 aromatic heterocycles. The Balaban J connectivity index is 2.23. The van der Waals surface area contributed by atoms with E-state index < -0.39 is 21.4 Å². The Hall–Kier alpha value is -1.18. The Morgan fingerprint density at radius 2 is 2.05 bits per heavy atom. The van der Waals surface area contributed by atoms with Crippen LogP contribution in [0.4, 0.5) is 10.1 Å². The Bertz CT molecular complexity index is 611. The van der Waals surface area contributed by atoms with Crippen molar-refractivity contribution in [3.8, 4) is 0 Å². The lowest BCUT2D eigenvalue weighted by Gasteiger charge is -2.39. The molecular weight excluding hydrogens is 295 g/mol. The molecule has 2 rings (SSSR count). The van der Waals surface area contributed by atoms with Crippen LogP contribution in [0.3, 0.4) is 0 Å². The molecule has 0 aliphatic heterocycles. The van der Waals surface area contributed by atoms with E-state index in [4.69, 9.17) is 5.14 Å². The van der Waals surface area contributed by atoms with Crippen LogP contribution >= 0.6 is 0 Å². The van der Waals surface area contributed by atoms with Gasteiger partial charge in [0.1, 0.15) is 5.82 Å². The minimum atomic E-state index is -3.92. The summed E-state index contributed by atoms with van der Waals surface area (Å²) in [6.45, 7) is 2.07. The van der Waals surface area contributed by atoms with Gasteiger partial charge < -0.3 is 10.4 Å². The maximum absolute atomic E-state index is 14.1. The topological polar surface area (TPSA) is 92.4 Å². The molecule has 5 nitrogen and oxygen atoms in total. The number of nitrogens with one attached hydrogen (secondary N) is 1. The Morgan fingerprint density at radius 3 is 2.52 bits per heavy atom. The molecule has 1 aromatic carbocycles. The van der Waals surface area contributed by atoms with Gasteiger partial charge in [-0.3, -0.25) is 0 Å². The molecule has 4 N–H and O–H groups in total. The molecule has 0 radical (unpaired) electrons. The summed E-state index contributed by atoms with van der Waals surface area (Å²) >= 11 is 0. The molecule has 0 amide bonds. The van der Waals surface area contributed by atoms with Crippen molar-refractivity contribution in [2.45, 2.75) is 43.0 Å². The Kier molecular flexibility index (Phi) is 4.55. The van der Waals surface area contributed by atoms with Crippen LogP contribution in [0.2, 0.25) is 0 Å². The van der Waals surface area contributed by atoms with Gasteiger partial charge in [0.05, 0.1) is 22.7 Å². The number of hydrogen-bond acceptors (Lipinski definition) is 4. The zero-order valence-electron chi connectivity index (χ0n) is 12.0. The number of nitrogens with two attached hydrogens (primary N) is 1. The number of rotatable bonds is 4. The molecule has 118 valence electrons. The largest absolute Gasteiger partial charge is 0.394 e. The van der Waals surface area contributed by atoms with Crippen molar-refractivity contribution >= 4 is 15.7 Å². The first-order valence-electron chi connectivity index (χ1n) is 6.97. The second-order valence-electron chi connectivity index (χ2n) is 5.93. The molecule has 1 saturated carbocycles. The molecule has 0 bridgehead atoms.